The fourth-order valence-corrected chi connectivity index (χ4v) is 2.54. The van der Waals surface area contributed by atoms with Crippen molar-refractivity contribution < 1.29 is 5.11 Å². The molecule has 0 saturated heterocycles. The van der Waals surface area contributed by atoms with E-state index in [-0.39, 0.29) is 12.0 Å². The highest BCUT2D eigenvalue weighted by molar-refractivity contribution is 5.35. The average Bonchev–Trinajstić information content (AvgIpc) is 2.39. The Bertz CT molecular complexity index is 342. The quantitative estimate of drug-likeness (QED) is 0.842. The highest BCUT2D eigenvalue weighted by Crippen LogP contribution is 2.35. The molecule has 0 atom stereocenters. The van der Waals surface area contributed by atoms with Gasteiger partial charge in [-0.25, -0.2) is 4.98 Å². The van der Waals surface area contributed by atoms with Gasteiger partial charge in [0.25, 0.3) is 0 Å². The molecule has 0 spiro atoms. The van der Waals surface area contributed by atoms with Crippen LogP contribution in [0.15, 0.2) is 18.3 Å². The largest absolute Gasteiger partial charge is 0.396 e. The Morgan fingerprint density at radius 3 is 2.65 bits per heavy atom. The highest BCUT2D eigenvalue weighted by atomic mass is 16.3. The number of aromatic nitrogens is 1. The number of aryl methyl sites for hydroxylation is 1. The van der Waals surface area contributed by atoms with E-state index in [0.29, 0.717) is 0 Å². The van der Waals surface area contributed by atoms with Crippen LogP contribution in [0.1, 0.15) is 37.7 Å². The molecule has 2 rings (SSSR count). The molecule has 1 aromatic rings. The predicted octanol–water partition coefficient (Wildman–Crippen LogP) is 2.74. The summed E-state index contributed by atoms with van der Waals surface area (Å²) in [5.41, 5.74) is 1.25. The van der Waals surface area contributed by atoms with Crippen molar-refractivity contribution in [2.24, 2.45) is 5.41 Å². The van der Waals surface area contributed by atoms with Crippen molar-refractivity contribution in [3.05, 3.63) is 23.9 Å². The lowest BCUT2D eigenvalue weighted by atomic mass is 9.74. The van der Waals surface area contributed by atoms with Gasteiger partial charge in [0.1, 0.15) is 5.82 Å². The molecule has 2 N–H and O–H groups in total. The molecule has 0 amide bonds. The van der Waals surface area contributed by atoms with Gasteiger partial charge in [-0.05, 0) is 31.4 Å². The first kappa shape index (κ1) is 12.4. The molecule has 1 aliphatic carbocycles. The summed E-state index contributed by atoms with van der Waals surface area (Å²) in [5.74, 6) is 0.911. The fourth-order valence-electron chi connectivity index (χ4n) is 2.54. The van der Waals surface area contributed by atoms with Gasteiger partial charge in [-0.2, -0.15) is 0 Å². The van der Waals surface area contributed by atoms with Crippen molar-refractivity contribution in [3.8, 4) is 0 Å². The van der Waals surface area contributed by atoms with Crippen LogP contribution in [0.4, 0.5) is 5.82 Å². The van der Waals surface area contributed by atoms with Crippen LogP contribution in [0.2, 0.25) is 0 Å². The maximum absolute atomic E-state index is 9.60. The summed E-state index contributed by atoms with van der Waals surface area (Å²) in [6.07, 6.45) is 7.91. The molecule has 1 heterocycles. The molecule has 0 bridgehead atoms. The SMILES string of the molecule is Cc1ccc(NCC2(CO)CCCCC2)nc1. The second kappa shape index (κ2) is 5.50. The number of rotatable bonds is 4. The number of aliphatic hydroxyl groups is 1. The van der Waals surface area contributed by atoms with E-state index < -0.39 is 0 Å². The van der Waals surface area contributed by atoms with Gasteiger partial charge in [-0.1, -0.05) is 25.3 Å². The fraction of sp³-hybridized carbons (Fsp3) is 0.643. The van der Waals surface area contributed by atoms with Crippen LogP contribution in [-0.2, 0) is 0 Å². The maximum Gasteiger partial charge on any atom is 0.125 e. The van der Waals surface area contributed by atoms with Crippen molar-refractivity contribution in [1.82, 2.24) is 4.98 Å². The van der Waals surface area contributed by atoms with E-state index in [2.05, 4.69) is 16.4 Å². The Morgan fingerprint density at radius 1 is 1.29 bits per heavy atom. The van der Waals surface area contributed by atoms with E-state index in [1.54, 1.807) is 0 Å². The standard InChI is InChI=1S/C14H22N2O/c1-12-5-6-13(15-9-12)16-10-14(11-17)7-3-2-4-8-14/h5-6,9,17H,2-4,7-8,10-11H2,1H3,(H,15,16). The third-order valence-electron chi connectivity index (χ3n) is 3.81. The lowest BCUT2D eigenvalue weighted by Crippen LogP contribution is -2.35. The monoisotopic (exact) mass is 234 g/mol. The molecule has 0 aliphatic heterocycles. The molecule has 0 aromatic carbocycles. The summed E-state index contributed by atoms with van der Waals surface area (Å²) in [6, 6.07) is 4.06. The number of hydrogen-bond acceptors (Lipinski definition) is 3. The predicted molar refractivity (Wildman–Crippen MR) is 70.1 cm³/mol. The first-order chi connectivity index (χ1) is 8.24. The molecule has 3 heteroatoms. The Hall–Kier alpha value is -1.09. The molecule has 94 valence electrons. The lowest BCUT2D eigenvalue weighted by Gasteiger charge is -2.35. The summed E-state index contributed by atoms with van der Waals surface area (Å²) < 4.78 is 0. The van der Waals surface area contributed by atoms with Crippen molar-refractivity contribution in [2.45, 2.75) is 39.0 Å². The molecule has 1 aromatic heterocycles. The van der Waals surface area contributed by atoms with Crippen LogP contribution in [0.5, 0.6) is 0 Å². The number of nitrogens with one attached hydrogen (secondary N) is 1. The summed E-state index contributed by atoms with van der Waals surface area (Å²) in [6.45, 7) is 3.15. The van der Waals surface area contributed by atoms with Gasteiger partial charge >= 0.3 is 0 Å². The van der Waals surface area contributed by atoms with E-state index >= 15 is 0 Å². The molecule has 3 nitrogen and oxygen atoms in total. The minimum atomic E-state index is 0.0742. The smallest absolute Gasteiger partial charge is 0.125 e. The third-order valence-corrected chi connectivity index (χ3v) is 3.81. The van der Waals surface area contributed by atoms with E-state index in [9.17, 15) is 5.11 Å². The van der Waals surface area contributed by atoms with Crippen LogP contribution in [0, 0.1) is 12.3 Å². The maximum atomic E-state index is 9.60. The molecule has 0 radical (unpaired) electrons. The van der Waals surface area contributed by atoms with Gasteiger partial charge in [0.15, 0.2) is 0 Å². The van der Waals surface area contributed by atoms with Gasteiger partial charge in [0, 0.05) is 18.2 Å². The molecule has 17 heavy (non-hydrogen) atoms. The van der Waals surface area contributed by atoms with Gasteiger partial charge in [-0.3, -0.25) is 0 Å². The Labute approximate surface area is 103 Å². The summed E-state index contributed by atoms with van der Waals surface area (Å²) in [5, 5.41) is 13.0. The second-order valence-electron chi connectivity index (χ2n) is 5.29. The minimum Gasteiger partial charge on any atom is -0.396 e. The van der Waals surface area contributed by atoms with Crippen LogP contribution in [0.25, 0.3) is 0 Å². The number of anilines is 1. The zero-order valence-electron chi connectivity index (χ0n) is 10.6. The van der Waals surface area contributed by atoms with Gasteiger partial charge < -0.3 is 10.4 Å². The Balaban J connectivity index is 1.93. The second-order valence-corrected chi connectivity index (χ2v) is 5.29. The van der Waals surface area contributed by atoms with Crippen molar-refractivity contribution >= 4 is 5.82 Å². The van der Waals surface area contributed by atoms with Crippen molar-refractivity contribution in [3.63, 3.8) is 0 Å². The summed E-state index contributed by atoms with van der Waals surface area (Å²) in [7, 11) is 0. The average molecular weight is 234 g/mol. The molecule has 1 fully saturated rings. The highest BCUT2D eigenvalue weighted by Gasteiger charge is 2.31. The van der Waals surface area contributed by atoms with Gasteiger partial charge in [-0.15, -0.1) is 0 Å². The van der Waals surface area contributed by atoms with Crippen LogP contribution in [-0.4, -0.2) is 23.2 Å². The van der Waals surface area contributed by atoms with Crippen LogP contribution < -0.4 is 5.32 Å². The van der Waals surface area contributed by atoms with Crippen molar-refractivity contribution in [1.29, 1.82) is 0 Å². The number of pyridine rings is 1. The number of nitrogens with zero attached hydrogens (tertiary/aromatic N) is 1. The zero-order valence-corrected chi connectivity index (χ0v) is 10.6. The topological polar surface area (TPSA) is 45.1 Å². The first-order valence-electron chi connectivity index (χ1n) is 6.52. The number of aliphatic hydroxyl groups excluding tert-OH is 1. The van der Waals surface area contributed by atoms with Crippen LogP contribution in [0.3, 0.4) is 0 Å². The molecule has 1 aliphatic rings. The summed E-state index contributed by atoms with van der Waals surface area (Å²) in [4.78, 5) is 4.34. The van der Waals surface area contributed by atoms with E-state index in [1.807, 2.05) is 19.2 Å². The Kier molecular flexibility index (Phi) is 4.00. The van der Waals surface area contributed by atoms with E-state index in [4.69, 9.17) is 0 Å². The van der Waals surface area contributed by atoms with Crippen molar-refractivity contribution in [2.75, 3.05) is 18.5 Å². The van der Waals surface area contributed by atoms with E-state index in [1.165, 1.54) is 24.8 Å². The zero-order chi connectivity index (χ0) is 12.1. The normalized spacial score (nSPS) is 18.9. The van der Waals surface area contributed by atoms with Gasteiger partial charge in [0.2, 0.25) is 0 Å². The molecular formula is C14H22N2O. The molecule has 0 unspecified atom stereocenters. The molecular weight excluding hydrogens is 212 g/mol. The van der Waals surface area contributed by atoms with E-state index in [0.717, 1.165) is 25.2 Å². The summed E-state index contributed by atoms with van der Waals surface area (Å²) >= 11 is 0. The van der Waals surface area contributed by atoms with Gasteiger partial charge in [0.05, 0.1) is 6.61 Å². The minimum absolute atomic E-state index is 0.0742. The van der Waals surface area contributed by atoms with Crippen LogP contribution >= 0.6 is 0 Å². The molecule has 1 saturated carbocycles. The first-order valence-corrected chi connectivity index (χ1v) is 6.52. The third kappa shape index (κ3) is 3.19. The lowest BCUT2D eigenvalue weighted by molar-refractivity contribution is 0.0943. The number of hydrogen-bond donors (Lipinski definition) is 2. The Morgan fingerprint density at radius 2 is 2.06 bits per heavy atom.